The summed E-state index contributed by atoms with van der Waals surface area (Å²) in [5.74, 6) is 0. The molecule has 4 nitrogen and oxygen atoms in total. The van der Waals surface area contributed by atoms with Crippen LogP contribution in [0, 0.1) is 0 Å². The van der Waals surface area contributed by atoms with Gasteiger partial charge in [-0.3, -0.25) is 0 Å². The number of nitrogens with zero attached hydrogens (tertiary/aromatic N) is 2. The summed E-state index contributed by atoms with van der Waals surface area (Å²) >= 11 is 1.99. The molecule has 370 valence electrons. The first-order chi connectivity index (χ1) is 34.9. The minimum absolute atomic E-state index is 0.00522. The molecule has 0 spiro atoms. The van der Waals surface area contributed by atoms with Crippen LogP contribution in [0.4, 0.5) is 11.4 Å². The highest BCUT2D eigenvalue weighted by Gasteiger charge is 2.49. The fourth-order valence-electron chi connectivity index (χ4n) is 14.5. The van der Waals surface area contributed by atoms with Crippen molar-refractivity contribution in [1.29, 1.82) is 0 Å². The number of rotatable bonds is 1. The summed E-state index contributed by atoms with van der Waals surface area (Å²) in [5.41, 5.74) is 22.5. The van der Waals surface area contributed by atoms with Crippen LogP contribution in [0.25, 0.3) is 92.6 Å². The SMILES string of the molecule is CC(C)(C)c1ccc(N2B3c4sc5ccc(C(C)(C)C)cc5c4-n4c5cc6c(cc5c5c7oc8ccccc8c7c(c3c54)-c3cc4c(cc32)oc2cc3c(cc24)C(C)(C)CCC3(C)C)C(C)(C)CCC6(C)C)cc1. The molecular weight excluding hydrogens is 920 g/mol. The maximum atomic E-state index is 7.45. The third-order valence-electron chi connectivity index (χ3n) is 19.2. The van der Waals surface area contributed by atoms with Crippen LogP contribution < -0.4 is 15.1 Å². The van der Waals surface area contributed by atoms with Crippen molar-refractivity contribution in [1.82, 2.24) is 4.57 Å². The van der Waals surface area contributed by atoms with Gasteiger partial charge in [-0.15, -0.1) is 11.3 Å². The van der Waals surface area contributed by atoms with Crippen molar-refractivity contribution in [2.24, 2.45) is 0 Å². The van der Waals surface area contributed by atoms with E-state index < -0.39 is 0 Å². The number of aromatic nitrogens is 1. The zero-order valence-corrected chi connectivity index (χ0v) is 46.7. The van der Waals surface area contributed by atoms with Gasteiger partial charge in [-0.05, 0) is 163 Å². The predicted octanol–water partition coefficient (Wildman–Crippen LogP) is 18.3. The molecular formula is C68H67BN2O2S. The lowest BCUT2D eigenvalue weighted by Crippen LogP contribution is -2.59. The van der Waals surface area contributed by atoms with Gasteiger partial charge in [0.2, 0.25) is 0 Å². The Hall–Kier alpha value is -6.24. The average Bonchev–Trinajstić information content (AvgIpc) is 4.13. The Morgan fingerprint density at radius 1 is 0.527 bits per heavy atom. The molecule has 0 N–H and O–H groups in total. The molecule has 7 aromatic carbocycles. The van der Waals surface area contributed by atoms with Crippen molar-refractivity contribution < 1.29 is 8.83 Å². The molecule has 0 saturated carbocycles. The molecule has 0 unspecified atom stereocenters. The molecule has 0 bridgehead atoms. The van der Waals surface area contributed by atoms with Gasteiger partial charge in [-0.25, -0.2) is 0 Å². The molecule has 0 atom stereocenters. The summed E-state index contributed by atoms with van der Waals surface area (Å²) in [6.45, 7) is 33.4. The summed E-state index contributed by atoms with van der Waals surface area (Å²) in [5, 5.41) is 8.57. The molecule has 15 rings (SSSR count). The average molecular weight is 987 g/mol. The van der Waals surface area contributed by atoms with Crippen molar-refractivity contribution in [3.8, 4) is 16.8 Å². The van der Waals surface area contributed by atoms with Crippen molar-refractivity contribution in [3.05, 3.63) is 137 Å². The van der Waals surface area contributed by atoms with Gasteiger partial charge in [-0.2, -0.15) is 0 Å². The molecule has 2 aliphatic heterocycles. The van der Waals surface area contributed by atoms with E-state index in [0.717, 1.165) is 59.1 Å². The number of hydrogen-bond donors (Lipinski definition) is 0. The molecule has 0 fully saturated rings. The molecule has 2 aliphatic carbocycles. The maximum Gasteiger partial charge on any atom is 0.343 e. The highest BCUT2D eigenvalue weighted by molar-refractivity contribution is 7.32. The zero-order valence-electron chi connectivity index (χ0n) is 45.8. The van der Waals surface area contributed by atoms with E-state index in [0.29, 0.717) is 0 Å². The molecule has 6 heterocycles. The van der Waals surface area contributed by atoms with E-state index >= 15 is 0 Å². The van der Waals surface area contributed by atoms with Crippen LogP contribution >= 0.6 is 11.3 Å². The first kappa shape index (κ1) is 45.2. The molecule has 6 heteroatoms. The van der Waals surface area contributed by atoms with Crippen LogP contribution in [-0.2, 0) is 32.5 Å². The van der Waals surface area contributed by atoms with Crippen molar-refractivity contribution in [2.45, 2.75) is 155 Å². The number of furan rings is 2. The molecule has 0 amide bonds. The second-order valence-corrected chi connectivity index (χ2v) is 28.9. The van der Waals surface area contributed by atoms with Gasteiger partial charge in [0.1, 0.15) is 22.3 Å². The van der Waals surface area contributed by atoms with Crippen molar-refractivity contribution in [3.63, 3.8) is 0 Å². The van der Waals surface area contributed by atoms with E-state index in [-0.39, 0.29) is 39.3 Å². The monoisotopic (exact) mass is 987 g/mol. The third-order valence-corrected chi connectivity index (χ3v) is 20.4. The molecule has 4 aliphatic rings. The molecule has 0 radical (unpaired) electrons. The van der Waals surface area contributed by atoms with Crippen molar-refractivity contribution in [2.75, 3.05) is 4.81 Å². The van der Waals surface area contributed by atoms with Gasteiger partial charge in [0.05, 0.1) is 22.1 Å². The fraction of sp³-hybridized carbons (Fsp3) is 0.353. The topological polar surface area (TPSA) is 34.5 Å². The van der Waals surface area contributed by atoms with Crippen LogP contribution in [0.3, 0.4) is 0 Å². The van der Waals surface area contributed by atoms with E-state index in [1.165, 1.54) is 114 Å². The Labute approximate surface area is 439 Å². The standard InChI is InChI=1S/C68H67BN2O2S/c1-63(2,3)36-19-22-38(23-20-36)71-50-35-53-40(41-31-45-48(34-52(41)72-53)68(13,14)28-26-65(45,7)8)30-42(50)55-56-39-17-15-16-18-51(39)73-61(56)57-43-32-46-47(67(11,12)27-25-66(46,9)10)33-49(43)70-59-44-29-37(64(4,5)6)21-24-54(44)74-62(59)69(71)58(55)60(57)70/h15-24,29-35H,25-28H2,1-14H3. The lowest BCUT2D eigenvalue weighted by atomic mass is 9.47. The van der Waals surface area contributed by atoms with Gasteiger partial charge >= 0.3 is 6.85 Å². The minimum Gasteiger partial charge on any atom is -0.456 e. The number of anilines is 2. The first-order valence-electron chi connectivity index (χ1n) is 27.4. The fourth-order valence-corrected chi connectivity index (χ4v) is 15.8. The number of thiophene rings is 1. The minimum atomic E-state index is -0.154. The largest absolute Gasteiger partial charge is 0.456 e. The smallest absolute Gasteiger partial charge is 0.343 e. The van der Waals surface area contributed by atoms with E-state index in [1.807, 2.05) is 11.3 Å². The quantitative estimate of drug-likeness (QED) is 0.154. The Balaban J connectivity index is 1.17. The van der Waals surface area contributed by atoms with Gasteiger partial charge in [0.25, 0.3) is 0 Å². The van der Waals surface area contributed by atoms with Gasteiger partial charge < -0.3 is 18.2 Å². The van der Waals surface area contributed by atoms with E-state index in [1.54, 1.807) is 0 Å². The van der Waals surface area contributed by atoms with E-state index in [4.69, 9.17) is 8.83 Å². The van der Waals surface area contributed by atoms with Gasteiger partial charge in [-0.1, -0.05) is 133 Å². The van der Waals surface area contributed by atoms with Crippen LogP contribution in [0.15, 0.2) is 112 Å². The Morgan fingerprint density at radius 2 is 1.11 bits per heavy atom. The second-order valence-electron chi connectivity index (χ2n) is 27.8. The first-order valence-corrected chi connectivity index (χ1v) is 28.3. The number of benzene rings is 7. The van der Waals surface area contributed by atoms with Gasteiger partial charge in [0, 0.05) is 64.8 Å². The summed E-state index contributed by atoms with van der Waals surface area (Å²) in [7, 11) is 0. The summed E-state index contributed by atoms with van der Waals surface area (Å²) < 4.78 is 20.1. The Bertz CT molecular complexity index is 4340. The van der Waals surface area contributed by atoms with Crippen LogP contribution in [-0.4, -0.2) is 11.4 Å². The number of hydrogen-bond acceptors (Lipinski definition) is 4. The van der Waals surface area contributed by atoms with E-state index in [2.05, 4.69) is 209 Å². The maximum absolute atomic E-state index is 7.45. The summed E-state index contributed by atoms with van der Waals surface area (Å²) in [6, 6.07) is 40.7. The van der Waals surface area contributed by atoms with Crippen molar-refractivity contribution >= 4 is 116 Å². The van der Waals surface area contributed by atoms with Gasteiger partial charge in [0.15, 0.2) is 0 Å². The molecule has 74 heavy (non-hydrogen) atoms. The highest BCUT2D eigenvalue weighted by Crippen LogP contribution is 2.57. The lowest BCUT2D eigenvalue weighted by molar-refractivity contribution is 0.332. The molecule has 0 saturated heterocycles. The molecule has 4 aromatic heterocycles. The third kappa shape index (κ3) is 5.82. The predicted molar refractivity (Wildman–Crippen MR) is 318 cm³/mol. The molecule has 11 aromatic rings. The van der Waals surface area contributed by atoms with Crippen LogP contribution in [0.1, 0.15) is 156 Å². The highest BCUT2D eigenvalue weighted by atomic mass is 32.1. The normalized spacial score (nSPS) is 18.3. The number of para-hydroxylation sites is 1. The Kier molecular flexibility index (Phi) is 8.53. The van der Waals surface area contributed by atoms with Crippen LogP contribution in [0.2, 0.25) is 0 Å². The Morgan fingerprint density at radius 3 is 1.77 bits per heavy atom. The number of fused-ring (bicyclic) bond motifs is 20. The lowest BCUT2D eigenvalue weighted by Gasteiger charge is -2.42. The zero-order chi connectivity index (χ0) is 51.3. The second kappa shape index (κ2) is 14.0. The van der Waals surface area contributed by atoms with E-state index in [9.17, 15) is 0 Å². The summed E-state index contributed by atoms with van der Waals surface area (Å²) in [6.07, 6.45) is 4.62. The van der Waals surface area contributed by atoms with Crippen LogP contribution in [0.5, 0.6) is 0 Å². The summed E-state index contributed by atoms with van der Waals surface area (Å²) in [4.78, 5) is 2.71.